The van der Waals surface area contributed by atoms with Crippen LogP contribution in [0.2, 0.25) is 4.34 Å². The van der Waals surface area contributed by atoms with Crippen LogP contribution in [0.4, 0.5) is 0 Å². The van der Waals surface area contributed by atoms with Crippen LogP contribution in [0.5, 0.6) is 0 Å². The first-order chi connectivity index (χ1) is 9.02. The molecule has 1 nitrogen and oxygen atoms in total. The van der Waals surface area contributed by atoms with Crippen molar-refractivity contribution in [2.45, 2.75) is 19.9 Å². The summed E-state index contributed by atoms with van der Waals surface area (Å²) in [5.41, 5.74) is 2.48. The molecule has 0 amide bonds. The molecule has 0 aliphatic rings. The summed E-state index contributed by atoms with van der Waals surface area (Å²) in [6, 6.07) is 8.73. The summed E-state index contributed by atoms with van der Waals surface area (Å²) in [5.74, 6) is 0. The van der Waals surface area contributed by atoms with Crippen LogP contribution in [0, 0.1) is 6.92 Å². The van der Waals surface area contributed by atoms with E-state index in [1.54, 1.807) is 11.3 Å². The van der Waals surface area contributed by atoms with Gasteiger partial charge in [0.25, 0.3) is 0 Å². The molecule has 0 saturated carbocycles. The van der Waals surface area contributed by atoms with E-state index in [9.17, 15) is 0 Å². The van der Waals surface area contributed by atoms with Gasteiger partial charge in [-0.25, -0.2) is 0 Å². The molecule has 2 aromatic rings. The molecule has 1 aromatic carbocycles. The Morgan fingerprint density at radius 1 is 1.26 bits per heavy atom. The summed E-state index contributed by atoms with van der Waals surface area (Å²) < 4.78 is 2.89. The van der Waals surface area contributed by atoms with Gasteiger partial charge in [-0.15, -0.1) is 11.3 Å². The van der Waals surface area contributed by atoms with E-state index >= 15 is 0 Å². The van der Waals surface area contributed by atoms with E-state index in [0.717, 1.165) is 19.8 Å². The van der Waals surface area contributed by atoms with E-state index in [4.69, 9.17) is 11.6 Å². The summed E-state index contributed by atoms with van der Waals surface area (Å²) in [6.45, 7) is 5.11. The molecule has 1 aromatic heterocycles. The van der Waals surface area contributed by atoms with Gasteiger partial charge in [-0.3, -0.25) is 0 Å². The smallest absolute Gasteiger partial charge is 0.107 e. The molecule has 1 heterocycles. The van der Waals surface area contributed by atoms with Gasteiger partial charge in [0.05, 0.1) is 6.04 Å². The molecular formula is C14H14Br2ClNS. The fourth-order valence-corrected chi connectivity index (χ4v) is 4.12. The fourth-order valence-electron chi connectivity index (χ4n) is 1.88. The molecule has 0 radical (unpaired) electrons. The predicted octanol–water partition coefficient (Wildman–Crippen LogP) is 5.93. The van der Waals surface area contributed by atoms with Crippen molar-refractivity contribution in [1.82, 2.24) is 5.32 Å². The van der Waals surface area contributed by atoms with Crippen LogP contribution in [0.25, 0.3) is 0 Å². The summed E-state index contributed by atoms with van der Waals surface area (Å²) in [6.07, 6.45) is 0. The van der Waals surface area contributed by atoms with Crippen molar-refractivity contribution in [1.29, 1.82) is 0 Å². The zero-order chi connectivity index (χ0) is 14.0. The SMILES string of the molecule is CCNC(c1ccc(C)c(Br)c1)c1cc(Br)c(Cl)s1. The number of rotatable bonds is 4. The molecule has 102 valence electrons. The van der Waals surface area contributed by atoms with Crippen molar-refractivity contribution in [2.24, 2.45) is 0 Å². The number of nitrogens with one attached hydrogen (secondary N) is 1. The third kappa shape index (κ3) is 3.61. The largest absolute Gasteiger partial charge is 0.306 e. The summed E-state index contributed by atoms with van der Waals surface area (Å²) in [5, 5.41) is 3.51. The maximum Gasteiger partial charge on any atom is 0.107 e. The van der Waals surface area contributed by atoms with Gasteiger partial charge in [0.1, 0.15) is 4.34 Å². The molecule has 1 unspecified atom stereocenters. The maximum atomic E-state index is 6.15. The van der Waals surface area contributed by atoms with Crippen LogP contribution in [0.15, 0.2) is 33.2 Å². The zero-order valence-corrected chi connectivity index (χ0v) is 15.4. The Morgan fingerprint density at radius 3 is 2.53 bits per heavy atom. The second-order valence-corrected chi connectivity index (χ2v) is 7.66. The third-order valence-electron chi connectivity index (χ3n) is 2.89. The van der Waals surface area contributed by atoms with Gasteiger partial charge < -0.3 is 5.32 Å². The second-order valence-electron chi connectivity index (χ2n) is 4.27. The second kappa shape index (κ2) is 6.72. The highest BCUT2D eigenvalue weighted by molar-refractivity contribution is 9.10. The summed E-state index contributed by atoms with van der Waals surface area (Å²) in [4.78, 5) is 1.22. The van der Waals surface area contributed by atoms with Gasteiger partial charge in [-0.2, -0.15) is 0 Å². The van der Waals surface area contributed by atoms with Gasteiger partial charge >= 0.3 is 0 Å². The van der Waals surface area contributed by atoms with Crippen LogP contribution < -0.4 is 5.32 Å². The monoisotopic (exact) mass is 421 g/mol. The van der Waals surface area contributed by atoms with Crippen LogP contribution in [0.3, 0.4) is 0 Å². The molecule has 0 fully saturated rings. The van der Waals surface area contributed by atoms with Crippen LogP contribution >= 0.6 is 54.8 Å². The lowest BCUT2D eigenvalue weighted by molar-refractivity contribution is 0.639. The van der Waals surface area contributed by atoms with Gasteiger partial charge in [0.2, 0.25) is 0 Å². The highest BCUT2D eigenvalue weighted by atomic mass is 79.9. The van der Waals surface area contributed by atoms with Crippen molar-refractivity contribution >= 4 is 54.8 Å². The number of benzene rings is 1. The lowest BCUT2D eigenvalue weighted by Crippen LogP contribution is -2.21. The molecule has 19 heavy (non-hydrogen) atoms. The van der Waals surface area contributed by atoms with E-state index in [2.05, 4.69) is 75.3 Å². The molecule has 0 bridgehead atoms. The van der Waals surface area contributed by atoms with E-state index < -0.39 is 0 Å². The first-order valence-electron chi connectivity index (χ1n) is 5.97. The minimum Gasteiger partial charge on any atom is -0.306 e. The van der Waals surface area contributed by atoms with Crippen molar-refractivity contribution in [3.63, 3.8) is 0 Å². The van der Waals surface area contributed by atoms with E-state index in [0.29, 0.717) is 0 Å². The Balaban J connectivity index is 2.41. The Hall–Kier alpha value is 0.130. The van der Waals surface area contributed by atoms with Gasteiger partial charge in [0, 0.05) is 13.8 Å². The molecule has 0 spiro atoms. The van der Waals surface area contributed by atoms with Crippen molar-refractivity contribution in [3.8, 4) is 0 Å². The molecule has 1 atom stereocenters. The zero-order valence-electron chi connectivity index (χ0n) is 10.6. The van der Waals surface area contributed by atoms with E-state index in [-0.39, 0.29) is 6.04 Å². The predicted molar refractivity (Wildman–Crippen MR) is 91.4 cm³/mol. The first-order valence-corrected chi connectivity index (χ1v) is 8.75. The maximum absolute atomic E-state index is 6.15. The van der Waals surface area contributed by atoms with Crippen LogP contribution in [-0.2, 0) is 0 Å². The molecule has 0 saturated heterocycles. The standard InChI is InChI=1S/C14H14Br2ClNS/c1-3-18-13(12-7-11(16)14(17)19-12)9-5-4-8(2)10(15)6-9/h4-7,13,18H,3H2,1-2H3. The van der Waals surface area contributed by atoms with Crippen LogP contribution in [-0.4, -0.2) is 6.54 Å². The Morgan fingerprint density at radius 2 is 2.00 bits per heavy atom. The molecule has 0 aliphatic heterocycles. The minimum atomic E-state index is 0.177. The number of thiophene rings is 1. The van der Waals surface area contributed by atoms with Gasteiger partial charge in [-0.05, 0) is 52.7 Å². The molecular weight excluding hydrogens is 409 g/mol. The topological polar surface area (TPSA) is 12.0 Å². The number of halogens is 3. The average molecular weight is 424 g/mol. The third-order valence-corrected chi connectivity index (χ3v) is 6.28. The average Bonchev–Trinajstić information content (AvgIpc) is 2.70. The number of aryl methyl sites for hydroxylation is 1. The quantitative estimate of drug-likeness (QED) is 0.642. The van der Waals surface area contributed by atoms with Gasteiger partial charge in [-0.1, -0.05) is 46.6 Å². The number of hydrogen-bond acceptors (Lipinski definition) is 2. The van der Waals surface area contributed by atoms with Crippen molar-refractivity contribution < 1.29 is 0 Å². The van der Waals surface area contributed by atoms with Crippen LogP contribution in [0.1, 0.15) is 29.0 Å². The van der Waals surface area contributed by atoms with Crippen molar-refractivity contribution in [3.05, 3.63) is 53.6 Å². The first kappa shape index (κ1) is 15.5. The van der Waals surface area contributed by atoms with Gasteiger partial charge in [0.15, 0.2) is 0 Å². The molecule has 2 rings (SSSR count). The Bertz CT molecular complexity index is 563. The number of hydrogen-bond donors (Lipinski definition) is 1. The Labute approximate surface area is 139 Å². The summed E-state index contributed by atoms with van der Waals surface area (Å²) >= 11 is 14.8. The molecule has 0 aliphatic carbocycles. The normalized spacial score (nSPS) is 12.7. The Kier molecular flexibility index (Phi) is 5.49. The highest BCUT2D eigenvalue weighted by Crippen LogP contribution is 2.38. The fraction of sp³-hybridized carbons (Fsp3) is 0.286. The van der Waals surface area contributed by atoms with E-state index in [1.807, 2.05) is 0 Å². The molecule has 1 N–H and O–H groups in total. The molecule has 5 heteroatoms. The lowest BCUT2D eigenvalue weighted by Gasteiger charge is -2.17. The van der Waals surface area contributed by atoms with E-state index in [1.165, 1.54) is 16.0 Å². The van der Waals surface area contributed by atoms with Crippen molar-refractivity contribution in [2.75, 3.05) is 6.54 Å². The highest BCUT2D eigenvalue weighted by Gasteiger charge is 2.17. The summed E-state index contributed by atoms with van der Waals surface area (Å²) in [7, 11) is 0. The lowest BCUT2D eigenvalue weighted by atomic mass is 10.0. The minimum absolute atomic E-state index is 0.177.